The summed E-state index contributed by atoms with van der Waals surface area (Å²) in [4.78, 5) is 2.42. The molecule has 1 fully saturated rings. The van der Waals surface area contributed by atoms with E-state index in [1.807, 2.05) is 43.8 Å². The van der Waals surface area contributed by atoms with Crippen molar-refractivity contribution in [1.82, 2.24) is 24.5 Å². The first kappa shape index (κ1) is 22.9. The highest BCUT2D eigenvalue weighted by molar-refractivity contribution is 7.91. The number of sulfone groups is 1. The summed E-state index contributed by atoms with van der Waals surface area (Å²) in [5, 5.41) is 9.24. The Kier molecular flexibility index (Phi) is 6.12. The van der Waals surface area contributed by atoms with Crippen molar-refractivity contribution < 1.29 is 12.8 Å². The second-order valence-corrected chi connectivity index (χ2v) is 11.4. The lowest BCUT2D eigenvalue weighted by atomic mass is 10.1. The zero-order valence-corrected chi connectivity index (χ0v) is 20.8. The molecule has 0 spiro atoms. The van der Waals surface area contributed by atoms with Gasteiger partial charge in [0.2, 0.25) is 5.89 Å². The van der Waals surface area contributed by atoms with Crippen LogP contribution in [0.2, 0.25) is 0 Å². The molecule has 172 valence electrons. The number of aromatic nitrogens is 4. The van der Waals surface area contributed by atoms with Crippen molar-refractivity contribution in [3.63, 3.8) is 0 Å². The first-order chi connectivity index (χ1) is 15.0. The average molecular weight is 476 g/mol. The van der Waals surface area contributed by atoms with Crippen LogP contribution in [0.5, 0.6) is 0 Å². The van der Waals surface area contributed by atoms with Crippen LogP contribution in [0.15, 0.2) is 22.6 Å². The van der Waals surface area contributed by atoms with Crippen LogP contribution in [0.4, 0.5) is 0 Å². The third-order valence-corrected chi connectivity index (χ3v) is 8.24. The average Bonchev–Trinajstić information content (AvgIpc) is 3.35. The minimum atomic E-state index is -2.96. The molecule has 0 bridgehead atoms. The van der Waals surface area contributed by atoms with Crippen LogP contribution in [-0.2, 0) is 23.1 Å². The first-order valence-corrected chi connectivity index (χ1v) is 12.9. The number of nitrogens with zero attached hydrogens (tertiary/aromatic N) is 5. The highest BCUT2D eigenvalue weighted by atomic mass is 32.2. The van der Waals surface area contributed by atoms with Crippen LogP contribution in [-0.4, -0.2) is 51.4 Å². The maximum absolute atomic E-state index is 11.9. The van der Waals surface area contributed by atoms with Crippen LogP contribution in [0, 0.1) is 32.5 Å². The van der Waals surface area contributed by atoms with E-state index in [2.05, 4.69) is 28.9 Å². The zero-order chi connectivity index (χ0) is 23.2. The van der Waals surface area contributed by atoms with Crippen molar-refractivity contribution in [2.24, 2.45) is 0 Å². The number of hydrogen-bond acceptors (Lipinski definition) is 7. The summed E-state index contributed by atoms with van der Waals surface area (Å²) in [6, 6.07) is 6.01. The van der Waals surface area contributed by atoms with E-state index in [-0.39, 0.29) is 17.5 Å². The monoisotopic (exact) mass is 475 g/mol. The fraction of sp³-hybridized carbons (Fsp3) is 0.500. The van der Waals surface area contributed by atoms with Gasteiger partial charge in [0.15, 0.2) is 9.84 Å². The van der Waals surface area contributed by atoms with Crippen LogP contribution in [0.25, 0.3) is 11.5 Å². The summed E-state index contributed by atoms with van der Waals surface area (Å²) in [6.07, 6.45) is 0.620. The molecule has 4 rings (SSSR count). The Morgan fingerprint density at radius 2 is 1.94 bits per heavy atom. The lowest BCUT2D eigenvalue weighted by molar-refractivity contribution is 0.239. The largest absolute Gasteiger partial charge is 0.409 e. The normalized spacial score (nSPS) is 18.0. The molecule has 1 aromatic carbocycles. The number of rotatable bonds is 6. The van der Waals surface area contributed by atoms with Crippen LogP contribution in [0.1, 0.15) is 40.5 Å². The summed E-state index contributed by atoms with van der Waals surface area (Å²) in [6.45, 7) is 9.22. The van der Waals surface area contributed by atoms with Gasteiger partial charge in [-0.3, -0.25) is 9.58 Å². The van der Waals surface area contributed by atoms with Gasteiger partial charge in [-0.1, -0.05) is 6.07 Å². The Bertz CT molecular complexity index is 1320. The number of benzene rings is 1. The molecule has 0 aliphatic carbocycles. The lowest BCUT2D eigenvalue weighted by Crippen LogP contribution is -2.23. The molecule has 10 heteroatoms. The topological polar surface area (TPSA) is 86.2 Å². The van der Waals surface area contributed by atoms with Gasteiger partial charge in [-0.25, -0.2) is 13.1 Å². The van der Waals surface area contributed by atoms with E-state index < -0.39 is 9.84 Å². The molecule has 2 aromatic heterocycles. The van der Waals surface area contributed by atoms with Crippen LogP contribution >= 0.6 is 12.2 Å². The molecule has 0 radical (unpaired) electrons. The quantitative estimate of drug-likeness (QED) is 0.502. The fourth-order valence-corrected chi connectivity index (χ4v) is 6.05. The van der Waals surface area contributed by atoms with Crippen LogP contribution in [0.3, 0.4) is 0 Å². The molecule has 1 saturated heterocycles. The SMILES string of the molecule is Cc1ccc(-c2nn(CN(C)Cc3c(C)nn(C4CCS(=O)(=O)C4)c3C)c(=S)o2)cc1C. The minimum absolute atomic E-state index is 0.0811. The van der Waals surface area contributed by atoms with Crippen molar-refractivity contribution in [1.29, 1.82) is 0 Å². The predicted octanol–water partition coefficient (Wildman–Crippen LogP) is 3.75. The summed E-state index contributed by atoms with van der Waals surface area (Å²) in [7, 11) is -0.975. The second-order valence-electron chi connectivity index (χ2n) is 8.78. The summed E-state index contributed by atoms with van der Waals surface area (Å²) in [5.41, 5.74) is 6.32. The Morgan fingerprint density at radius 1 is 1.19 bits per heavy atom. The number of hydrogen-bond donors (Lipinski definition) is 0. The van der Waals surface area contributed by atoms with Crippen molar-refractivity contribution in [3.8, 4) is 11.5 Å². The molecule has 3 aromatic rings. The third-order valence-electron chi connectivity index (χ3n) is 6.19. The van der Waals surface area contributed by atoms with E-state index in [1.54, 1.807) is 4.68 Å². The minimum Gasteiger partial charge on any atom is -0.409 e. The molecule has 3 heterocycles. The second kappa shape index (κ2) is 8.57. The molecule has 0 N–H and O–H groups in total. The summed E-state index contributed by atoms with van der Waals surface area (Å²) >= 11 is 5.40. The van der Waals surface area contributed by atoms with E-state index in [0.717, 1.165) is 22.5 Å². The predicted molar refractivity (Wildman–Crippen MR) is 126 cm³/mol. The number of aryl methyl sites for hydroxylation is 3. The van der Waals surface area contributed by atoms with E-state index in [0.29, 0.717) is 30.4 Å². The third kappa shape index (κ3) is 4.57. The molecule has 0 amide bonds. The maximum atomic E-state index is 11.9. The molecule has 1 unspecified atom stereocenters. The molecular formula is C22H29N5O3S2. The van der Waals surface area contributed by atoms with E-state index in [1.165, 1.54) is 11.1 Å². The molecule has 1 atom stereocenters. The summed E-state index contributed by atoms with van der Waals surface area (Å²) < 4.78 is 33.1. The van der Waals surface area contributed by atoms with Gasteiger partial charge in [-0.2, -0.15) is 5.10 Å². The van der Waals surface area contributed by atoms with Gasteiger partial charge in [0, 0.05) is 23.4 Å². The van der Waals surface area contributed by atoms with Crippen molar-refractivity contribution >= 4 is 22.1 Å². The molecular weight excluding hydrogens is 446 g/mol. The standard InChI is InChI=1S/C22H29N5O3S2/c1-14-6-7-18(10-15(14)2)21-24-26(22(31)30-21)13-25(5)11-20-16(3)23-27(17(20)4)19-8-9-32(28,29)12-19/h6-7,10,19H,8-9,11-13H2,1-5H3. The van der Waals surface area contributed by atoms with E-state index >= 15 is 0 Å². The van der Waals surface area contributed by atoms with Gasteiger partial charge < -0.3 is 4.42 Å². The zero-order valence-electron chi connectivity index (χ0n) is 19.1. The highest BCUT2D eigenvalue weighted by Crippen LogP contribution is 2.27. The first-order valence-electron chi connectivity index (χ1n) is 10.6. The molecule has 1 aliphatic heterocycles. The van der Waals surface area contributed by atoms with E-state index in [4.69, 9.17) is 16.6 Å². The maximum Gasteiger partial charge on any atom is 0.288 e. The van der Waals surface area contributed by atoms with Gasteiger partial charge in [0.05, 0.1) is 29.9 Å². The molecule has 0 saturated carbocycles. The summed E-state index contributed by atoms with van der Waals surface area (Å²) in [5.74, 6) is 0.909. The van der Waals surface area contributed by atoms with Gasteiger partial charge >= 0.3 is 0 Å². The van der Waals surface area contributed by atoms with Gasteiger partial charge in [0.1, 0.15) is 0 Å². The molecule has 32 heavy (non-hydrogen) atoms. The Labute approximate surface area is 193 Å². The molecule has 8 nitrogen and oxygen atoms in total. The van der Waals surface area contributed by atoms with Crippen LogP contribution < -0.4 is 0 Å². The van der Waals surface area contributed by atoms with Gasteiger partial charge in [-0.05, 0) is 76.6 Å². The van der Waals surface area contributed by atoms with Crippen molar-refractivity contribution in [2.75, 3.05) is 18.6 Å². The Balaban J connectivity index is 1.50. The Morgan fingerprint density at radius 3 is 2.59 bits per heavy atom. The molecule has 1 aliphatic rings. The Hall–Kier alpha value is -2.30. The van der Waals surface area contributed by atoms with Gasteiger partial charge in [-0.15, -0.1) is 5.10 Å². The fourth-order valence-electron chi connectivity index (χ4n) is 4.18. The highest BCUT2D eigenvalue weighted by Gasteiger charge is 2.31. The van der Waals surface area contributed by atoms with Crippen molar-refractivity contribution in [2.45, 2.75) is 53.4 Å². The smallest absolute Gasteiger partial charge is 0.288 e. The van der Waals surface area contributed by atoms with E-state index in [9.17, 15) is 8.42 Å². The van der Waals surface area contributed by atoms with Crippen molar-refractivity contribution in [3.05, 3.63) is 51.1 Å². The van der Waals surface area contributed by atoms with Gasteiger partial charge in [0.25, 0.3) is 4.84 Å². The lowest BCUT2D eigenvalue weighted by Gasteiger charge is -2.17.